The van der Waals surface area contributed by atoms with Crippen molar-refractivity contribution in [3.8, 4) is 22.5 Å². The molecule has 32 heavy (non-hydrogen) atoms. The van der Waals surface area contributed by atoms with Crippen molar-refractivity contribution in [2.24, 2.45) is 7.05 Å². The maximum atomic E-state index is 13.9. The molecule has 0 aliphatic heterocycles. The normalized spacial score (nSPS) is 11.1. The molecule has 5 aromatic rings. The van der Waals surface area contributed by atoms with Crippen LogP contribution in [0.1, 0.15) is 10.4 Å². The van der Waals surface area contributed by atoms with E-state index in [9.17, 15) is 13.6 Å². The maximum Gasteiger partial charge on any atom is 0.259 e. The lowest BCUT2D eigenvalue weighted by Crippen LogP contribution is -2.13. The zero-order valence-corrected chi connectivity index (χ0v) is 16.8. The molecule has 9 heteroatoms. The predicted molar refractivity (Wildman–Crippen MR) is 115 cm³/mol. The first-order valence-corrected chi connectivity index (χ1v) is 9.70. The molecule has 5 rings (SSSR count). The number of nitrogens with zero attached hydrogens (tertiary/aromatic N) is 5. The SMILES string of the molecule is Cn1cc(-c2ccc3nc(NC(=O)c4ccccc4F)cn3n2)c(-c2ccc(F)cc2)n1. The van der Waals surface area contributed by atoms with Crippen LogP contribution in [0.25, 0.3) is 28.2 Å². The van der Waals surface area contributed by atoms with Crippen molar-refractivity contribution < 1.29 is 13.6 Å². The summed E-state index contributed by atoms with van der Waals surface area (Å²) in [5.41, 5.74) is 3.23. The minimum atomic E-state index is -0.612. The third kappa shape index (κ3) is 3.60. The summed E-state index contributed by atoms with van der Waals surface area (Å²) >= 11 is 0. The Morgan fingerprint density at radius 2 is 1.72 bits per heavy atom. The van der Waals surface area contributed by atoms with Gasteiger partial charge >= 0.3 is 0 Å². The number of nitrogens with one attached hydrogen (secondary N) is 1. The van der Waals surface area contributed by atoms with Gasteiger partial charge in [0.2, 0.25) is 0 Å². The zero-order chi connectivity index (χ0) is 22.2. The topological polar surface area (TPSA) is 77.1 Å². The molecule has 0 fully saturated rings. The number of amides is 1. The van der Waals surface area contributed by atoms with E-state index in [-0.39, 0.29) is 17.2 Å². The van der Waals surface area contributed by atoms with Crippen LogP contribution >= 0.6 is 0 Å². The van der Waals surface area contributed by atoms with Crippen LogP contribution in [-0.2, 0) is 7.05 Å². The van der Waals surface area contributed by atoms with Gasteiger partial charge in [0.1, 0.15) is 17.3 Å². The standard InChI is InChI=1S/C23H16F2N6O/c1-30-12-17(22(29-30)14-6-8-15(24)9-7-14)19-10-11-21-26-20(13-31(21)28-19)27-23(32)16-4-2-3-5-18(16)25/h2-13H,1H3,(H,27,32). The van der Waals surface area contributed by atoms with Crippen LogP contribution in [0.2, 0.25) is 0 Å². The molecular formula is C23H16F2N6O. The van der Waals surface area contributed by atoms with Gasteiger partial charge in [-0.1, -0.05) is 12.1 Å². The smallest absolute Gasteiger partial charge is 0.259 e. The summed E-state index contributed by atoms with van der Waals surface area (Å²) in [7, 11) is 1.79. The van der Waals surface area contributed by atoms with E-state index in [1.54, 1.807) is 48.3 Å². The second-order valence-electron chi connectivity index (χ2n) is 7.15. The molecule has 3 heterocycles. The molecule has 0 saturated carbocycles. The monoisotopic (exact) mass is 430 g/mol. The predicted octanol–water partition coefficient (Wildman–Crippen LogP) is 4.33. The van der Waals surface area contributed by atoms with Gasteiger partial charge in [0.15, 0.2) is 11.5 Å². The van der Waals surface area contributed by atoms with E-state index in [1.165, 1.54) is 34.8 Å². The van der Waals surface area contributed by atoms with Crippen molar-refractivity contribution in [1.29, 1.82) is 0 Å². The lowest BCUT2D eigenvalue weighted by molar-refractivity contribution is 0.102. The number of hydrogen-bond donors (Lipinski definition) is 1. The molecule has 0 atom stereocenters. The van der Waals surface area contributed by atoms with Gasteiger partial charge < -0.3 is 5.32 Å². The van der Waals surface area contributed by atoms with Gasteiger partial charge in [-0.3, -0.25) is 9.48 Å². The van der Waals surface area contributed by atoms with Crippen LogP contribution < -0.4 is 5.32 Å². The Morgan fingerprint density at radius 1 is 0.938 bits per heavy atom. The molecule has 0 aliphatic rings. The zero-order valence-electron chi connectivity index (χ0n) is 16.8. The first-order chi connectivity index (χ1) is 15.5. The molecule has 0 spiro atoms. The summed E-state index contributed by atoms with van der Waals surface area (Å²) < 4.78 is 30.4. The first kappa shape index (κ1) is 19.6. The van der Waals surface area contributed by atoms with Crippen LogP contribution in [0.15, 0.2) is 73.1 Å². The van der Waals surface area contributed by atoms with Crippen molar-refractivity contribution in [3.63, 3.8) is 0 Å². The number of anilines is 1. The van der Waals surface area contributed by atoms with E-state index >= 15 is 0 Å². The Kier molecular flexibility index (Phi) is 4.70. The van der Waals surface area contributed by atoms with Crippen molar-refractivity contribution >= 4 is 17.4 Å². The van der Waals surface area contributed by atoms with Gasteiger partial charge in [0.05, 0.1) is 17.5 Å². The maximum absolute atomic E-state index is 13.9. The fourth-order valence-electron chi connectivity index (χ4n) is 3.41. The molecular weight excluding hydrogens is 414 g/mol. The highest BCUT2D eigenvalue weighted by molar-refractivity contribution is 6.04. The van der Waals surface area contributed by atoms with Crippen molar-refractivity contribution in [2.75, 3.05) is 5.32 Å². The molecule has 158 valence electrons. The van der Waals surface area contributed by atoms with Gasteiger partial charge in [-0.05, 0) is 48.5 Å². The van der Waals surface area contributed by atoms with Crippen molar-refractivity contribution in [3.05, 3.63) is 90.3 Å². The number of benzene rings is 2. The Hall–Kier alpha value is -4.40. The van der Waals surface area contributed by atoms with Crippen molar-refractivity contribution in [1.82, 2.24) is 24.4 Å². The van der Waals surface area contributed by atoms with Gasteiger partial charge in [-0.2, -0.15) is 10.2 Å². The average molecular weight is 430 g/mol. The van der Waals surface area contributed by atoms with Gasteiger partial charge in [0, 0.05) is 24.4 Å². The second kappa shape index (κ2) is 7.69. The Balaban J connectivity index is 1.48. The van der Waals surface area contributed by atoms with Gasteiger partial charge in [-0.25, -0.2) is 18.3 Å². The number of halogens is 2. The third-order valence-corrected chi connectivity index (χ3v) is 4.90. The number of fused-ring (bicyclic) bond motifs is 1. The second-order valence-corrected chi connectivity index (χ2v) is 7.15. The quantitative estimate of drug-likeness (QED) is 0.461. The fourth-order valence-corrected chi connectivity index (χ4v) is 3.41. The molecule has 1 N–H and O–H groups in total. The molecule has 0 saturated heterocycles. The number of aryl methyl sites for hydroxylation is 1. The Labute approximate surface area is 181 Å². The molecule has 2 aromatic carbocycles. The first-order valence-electron chi connectivity index (χ1n) is 9.70. The van der Waals surface area contributed by atoms with Crippen LogP contribution in [0.3, 0.4) is 0 Å². The van der Waals surface area contributed by atoms with E-state index in [2.05, 4.69) is 20.5 Å². The summed E-state index contributed by atoms with van der Waals surface area (Å²) in [4.78, 5) is 16.7. The van der Waals surface area contributed by atoms with Crippen LogP contribution in [-0.4, -0.2) is 30.3 Å². The largest absolute Gasteiger partial charge is 0.305 e. The summed E-state index contributed by atoms with van der Waals surface area (Å²) in [5.74, 6) is -1.29. The van der Waals surface area contributed by atoms with E-state index in [0.717, 1.165) is 11.1 Å². The minimum Gasteiger partial charge on any atom is -0.305 e. The number of rotatable bonds is 4. The highest BCUT2D eigenvalue weighted by Crippen LogP contribution is 2.30. The molecule has 3 aromatic heterocycles. The average Bonchev–Trinajstić information content (AvgIpc) is 3.36. The highest BCUT2D eigenvalue weighted by Gasteiger charge is 2.16. The lowest BCUT2D eigenvalue weighted by Gasteiger charge is -2.03. The van der Waals surface area contributed by atoms with E-state index in [0.29, 0.717) is 17.0 Å². The molecule has 0 unspecified atom stereocenters. The number of hydrogen-bond acceptors (Lipinski definition) is 4. The third-order valence-electron chi connectivity index (χ3n) is 4.90. The summed E-state index contributed by atoms with van der Waals surface area (Å²) in [5, 5.41) is 11.7. The van der Waals surface area contributed by atoms with E-state index < -0.39 is 11.7 Å². The number of imidazole rings is 1. The highest BCUT2D eigenvalue weighted by atomic mass is 19.1. The van der Waals surface area contributed by atoms with E-state index in [4.69, 9.17) is 0 Å². The number of carbonyl (C=O) groups excluding carboxylic acids is 1. The number of aromatic nitrogens is 5. The van der Waals surface area contributed by atoms with Crippen LogP contribution in [0, 0.1) is 11.6 Å². The van der Waals surface area contributed by atoms with E-state index in [1.807, 2.05) is 6.20 Å². The lowest BCUT2D eigenvalue weighted by atomic mass is 10.1. The van der Waals surface area contributed by atoms with Crippen LogP contribution in [0.4, 0.5) is 14.6 Å². The summed E-state index contributed by atoms with van der Waals surface area (Å²) in [6.07, 6.45) is 3.37. The van der Waals surface area contributed by atoms with Gasteiger partial charge in [0.25, 0.3) is 5.91 Å². The van der Waals surface area contributed by atoms with Crippen LogP contribution in [0.5, 0.6) is 0 Å². The van der Waals surface area contributed by atoms with Crippen molar-refractivity contribution in [2.45, 2.75) is 0 Å². The fraction of sp³-hybridized carbons (Fsp3) is 0.0435. The summed E-state index contributed by atoms with van der Waals surface area (Å²) in [6, 6.07) is 15.3. The molecule has 0 radical (unpaired) electrons. The molecule has 0 aliphatic carbocycles. The van der Waals surface area contributed by atoms with Gasteiger partial charge in [-0.15, -0.1) is 0 Å². The molecule has 7 nitrogen and oxygen atoms in total. The Morgan fingerprint density at radius 3 is 2.50 bits per heavy atom. The summed E-state index contributed by atoms with van der Waals surface area (Å²) in [6.45, 7) is 0. The minimum absolute atomic E-state index is 0.0718. The molecule has 1 amide bonds. The Bertz CT molecular complexity index is 1460. The number of carbonyl (C=O) groups is 1. The molecule has 0 bridgehead atoms.